The highest BCUT2D eigenvalue weighted by atomic mass is 19.1. The summed E-state index contributed by atoms with van der Waals surface area (Å²) in [6.07, 6.45) is 1.54. The molecule has 0 bridgehead atoms. The Balaban J connectivity index is 1.91. The van der Waals surface area contributed by atoms with E-state index in [0.717, 1.165) is 6.07 Å². The first-order chi connectivity index (χ1) is 11.0. The van der Waals surface area contributed by atoms with Crippen molar-refractivity contribution >= 4 is 11.6 Å². The van der Waals surface area contributed by atoms with E-state index in [0.29, 0.717) is 17.2 Å². The van der Waals surface area contributed by atoms with E-state index in [1.807, 2.05) is 0 Å². The number of aryl methyl sites for hydroxylation is 1. The lowest BCUT2D eigenvalue weighted by molar-refractivity contribution is 0.102. The van der Waals surface area contributed by atoms with Gasteiger partial charge in [0.2, 0.25) is 5.89 Å². The molecule has 0 aliphatic rings. The van der Waals surface area contributed by atoms with Gasteiger partial charge in [0.25, 0.3) is 5.91 Å². The van der Waals surface area contributed by atoms with Gasteiger partial charge in [-0.05, 0) is 37.3 Å². The van der Waals surface area contributed by atoms with E-state index in [-0.39, 0.29) is 11.3 Å². The molecule has 116 valence electrons. The molecule has 6 heteroatoms. The molecule has 3 aromatic rings. The molecule has 1 N–H and O–H groups in total. The van der Waals surface area contributed by atoms with Gasteiger partial charge in [0.15, 0.2) is 0 Å². The molecule has 0 fully saturated rings. The normalized spacial score (nSPS) is 10.6. The van der Waals surface area contributed by atoms with Gasteiger partial charge in [-0.15, -0.1) is 0 Å². The summed E-state index contributed by atoms with van der Waals surface area (Å²) in [7, 11) is 0. The number of carbonyl (C=O) groups is 1. The third kappa shape index (κ3) is 3.11. The Morgan fingerprint density at radius 3 is 2.61 bits per heavy atom. The monoisotopic (exact) mass is 314 g/mol. The smallest absolute Gasteiger partial charge is 0.258 e. The van der Waals surface area contributed by atoms with Crippen LogP contribution in [-0.2, 0) is 0 Å². The van der Waals surface area contributed by atoms with E-state index < -0.39 is 17.5 Å². The molecule has 3 rings (SSSR count). The summed E-state index contributed by atoms with van der Waals surface area (Å²) < 4.78 is 32.9. The maximum atomic E-state index is 13.9. The predicted molar refractivity (Wildman–Crippen MR) is 81.0 cm³/mol. The van der Waals surface area contributed by atoms with Gasteiger partial charge >= 0.3 is 0 Å². The van der Waals surface area contributed by atoms with Crippen molar-refractivity contribution < 1.29 is 18.0 Å². The van der Waals surface area contributed by atoms with Crippen LogP contribution in [0.25, 0.3) is 11.5 Å². The zero-order valence-electron chi connectivity index (χ0n) is 12.1. The van der Waals surface area contributed by atoms with Gasteiger partial charge in [-0.2, -0.15) is 0 Å². The fraction of sp³-hybridized carbons (Fsp3) is 0.0588. The van der Waals surface area contributed by atoms with Crippen LogP contribution in [0.3, 0.4) is 0 Å². The molecule has 0 atom stereocenters. The maximum absolute atomic E-state index is 13.9. The number of halogens is 2. The number of benzene rings is 2. The highest BCUT2D eigenvalue weighted by Crippen LogP contribution is 2.25. The van der Waals surface area contributed by atoms with Crippen molar-refractivity contribution in [3.63, 3.8) is 0 Å². The van der Waals surface area contributed by atoms with Gasteiger partial charge in [0.05, 0.1) is 17.4 Å². The van der Waals surface area contributed by atoms with Crippen molar-refractivity contribution in [2.24, 2.45) is 0 Å². The zero-order chi connectivity index (χ0) is 16.4. The van der Waals surface area contributed by atoms with E-state index in [4.69, 9.17) is 4.42 Å². The standard InChI is InChI=1S/C17H12F2N2O2/c1-10-9-20-17(23-10)11-6-7-14(19)15(8-11)21-16(22)12-4-2-3-5-13(12)18/h2-9H,1H3,(H,21,22). The van der Waals surface area contributed by atoms with Crippen LogP contribution in [0.4, 0.5) is 14.5 Å². The van der Waals surface area contributed by atoms with Crippen LogP contribution >= 0.6 is 0 Å². The van der Waals surface area contributed by atoms with Crippen molar-refractivity contribution in [3.8, 4) is 11.5 Å². The molecule has 1 amide bonds. The Morgan fingerprint density at radius 2 is 1.91 bits per heavy atom. The third-order valence-electron chi connectivity index (χ3n) is 3.20. The molecule has 0 unspecified atom stereocenters. The molecule has 0 radical (unpaired) electrons. The molecule has 4 nitrogen and oxygen atoms in total. The van der Waals surface area contributed by atoms with Gasteiger partial charge in [-0.25, -0.2) is 13.8 Å². The van der Waals surface area contributed by atoms with Crippen molar-refractivity contribution in [2.45, 2.75) is 6.92 Å². The number of nitrogens with zero attached hydrogens (tertiary/aromatic N) is 1. The topological polar surface area (TPSA) is 55.1 Å². The van der Waals surface area contributed by atoms with Crippen LogP contribution in [0.5, 0.6) is 0 Å². The second-order valence-corrected chi connectivity index (χ2v) is 4.90. The number of hydrogen-bond acceptors (Lipinski definition) is 3. The molecule has 0 saturated heterocycles. The Bertz CT molecular complexity index is 875. The van der Waals surface area contributed by atoms with Crippen LogP contribution < -0.4 is 5.32 Å². The number of nitrogens with one attached hydrogen (secondary N) is 1. The summed E-state index contributed by atoms with van der Waals surface area (Å²) in [6, 6.07) is 9.55. The quantitative estimate of drug-likeness (QED) is 0.789. The lowest BCUT2D eigenvalue weighted by Gasteiger charge is -2.08. The Hall–Kier alpha value is -3.02. The number of hydrogen-bond donors (Lipinski definition) is 1. The average Bonchev–Trinajstić information content (AvgIpc) is 2.96. The molecule has 1 heterocycles. The lowest BCUT2D eigenvalue weighted by Crippen LogP contribution is -2.14. The van der Waals surface area contributed by atoms with Crippen molar-refractivity contribution in [1.29, 1.82) is 0 Å². The van der Waals surface area contributed by atoms with Crippen LogP contribution in [-0.4, -0.2) is 10.9 Å². The summed E-state index contributed by atoms with van der Waals surface area (Å²) in [4.78, 5) is 16.1. The largest absolute Gasteiger partial charge is 0.441 e. The predicted octanol–water partition coefficient (Wildman–Crippen LogP) is 4.18. The second-order valence-electron chi connectivity index (χ2n) is 4.90. The van der Waals surface area contributed by atoms with E-state index >= 15 is 0 Å². The van der Waals surface area contributed by atoms with Crippen LogP contribution in [0.2, 0.25) is 0 Å². The minimum Gasteiger partial charge on any atom is -0.441 e. The fourth-order valence-electron chi connectivity index (χ4n) is 2.08. The van der Waals surface area contributed by atoms with Crippen molar-refractivity contribution in [3.05, 3.63) is 71.6 Å². The van der Waals surface area contributed by atoms with E-state index in [1.165, 1.54) is 42.6 Å². The van der Waals surface area contributed by atoms with Crippen LogP contribution in [0.15, 0.2) is 53.1 Å². The SMILES string of the molecule is Cc1cnc(-c2ccc(F)c(NC(=O)c3ccccc3F)c2)o1. The summed E-state index contributed by atoms with van der Waals surface area (Å²) in [6.45, 7) is 1.74. The van der Waals surface area contributed by atoms with Gasteiger partial charge in [0, 0.05) is 5.56 Å². The fourth-order valence-corrected chi connectivity index (χ4v) is 2.08. The van der Waals surface area contributed by atoms with Crippen LogP contribution in [0, 0.1) is 18.6 Å². The maximum Gasteiger partial charge on any atom is 0.258 e. The molecule has 0 saturated carbocycles. The number of aromatic nitrogens is 1. The highest BCUT2D eigenvalue weighted by molar-refractivity contribution is 6.04. The molecular weight excluding hydrogens is 302 g/mol. The Labute approximate surface area is 130 Å². The average molecular weight is 314 g/mol. The van der Waals surface area contributed by atoms with Crippen molar-refractivity contribution in [1.82, 2.24) is 4.98 Å². The van der Waals surface area contributed by atoms with Crippen molar-refractivity contribution in [2.75, 3.05) is 5.32 Å². The van der Waals surface area contributed by atoms with Gasteiger partial charge < -0.3 is 9.73 Å². The first kappa shape index (κ1) is 14.9. The molecule has 2 aromatic carbocycles. The number of rotatable bonds is 3. The number of carbonyl (C=O) groups excluding carboxylic acids is 1. The van der Waals surface area contributed by atoms with E-state index in [2.05, 4.69) is 10.3 Å². The molecular formula is C17H12F2N2O2. The summed E-state index contributed by atoms with van der Waals surface area (Å²) in [5.41, 5.74) is 0.263. The van der Waals surface area contributed by atoms with E-state index in [1.54, 1.807) is 6.92 Å². The third-order valence-corrected chi connectivity index (χ3v) is 3.20. The summed E-state index contributed by atoms with van der Waals surface area (Å²) in [5.74, 6) is -1.13. The minimum absolute atomic E-state index is 0.0772. The summed E-state index contributed by atoms with van der Waals surface area (Å²) in [5, 5.41) is 2.36. The second kappa shape index (κ2) is 6.00. The van der Waals surface area contributed by atoms with Gasteiger partial charge in [-0.1, -0.05) is 12.1 Å². The minimum atomic E-state index is -0.734. The molecule has 0 aliphatic carbocycles. The first-order valence-corrected chi connectivity index (χ1v) is 6.83. The first-order valence-electron chi connectivity index (χ1n) is 6.83. The molecule has 1 aromatic heterocycles. The lowest BCUT2D eigenvalue weighted by atomic mass is 10.1. The Morgan fingerprint density at radius 1 is 1.13 bits per heavy atom. The van der Waals surface area contributed by atoms with Gasteiger partial charge in [-0.3, -0.25) is 4.79 Å². The Kier molecular flexibility index (Phi) is 3.89. The van der Waals surface area contributed by atoms with Gasteiger partial charge in [0.1, 0.15) is 17.4 Å². The number of anilines is 1. The number of oxazole rings is 1. The number of amides is 1. The molecule has 23 heavy (non-hydrogen) atoms. The molecule has 0 spiro atoms. The summed E-state index contributed by atoms with van der Waals surface area (Å²) >= 11 is 0. The molecule has 0 aliphatic heterocycles. The highest BCUT2D eigenvalue weighted by Gasteiger charge is 2.15. The van der Waals surface area contributed by atoms with Crippen LogP contribution in [0.1, 0.15) is 16.1 Å². The zero-order valence-corrected chi connectivity index (χ0v) is 12.1. The van der Waals surface area contributed by atoms with E-state index in [9.17, 15) is 13.6 Å².